The third-order valence-corrected chi connectivity index (χ3v) is 5.01. The van der Waals surface area contributed by atoms with Crippen LogP contribution in [0.4, 0.5) is 0 Å². The van der Waals surface area contributed by atoms with Crippen LogP contribution >= 0.6 is 0 Å². The molecule has 136 valence electrons. The summed E-state index contributed by atoms with van der Waals surface area (Å²) in [5, 5.41) is 12.0. The van der Waals surface area contributed by atoms with Crippen LogP contribution in [0.3, 0.4) is 0 Å². The minimum atomic E-state index is -0.191. The molecule has 2 fully saturated rings. The van der Waals surface area contributed by atoms with E-state index in [9.17, 15) is 14.9 Å². The largest absolute Gasteiger partial charge is 0.487 e. The average molecular weight is 353 g/mol. The molecule has 1 saturated heterocycles. The number of nitrogens with one attached hydrogen (secondary N) is 1. The first-order valence-corrected chi connectivity index (χ1v) is 8.98. The Hall–Kier alpha value is -2.81. The third kappa shape index (κ3) is 4.05. The van der Waals surface area contributed by atoms with Gasteiger partial charge in [0.2, 0.25) is 11.8 Å². The van der Waals surface area contributed by atoms with Crippen molar-refractivity contribution in [3.05, 3.63) is 42.5 Å². The molecule has 3 rings (SSSR count). The monoisotopic (exact) mass is 353 g/mol. The lowest BCUT2D eigenvalue weighted by Crippen LogP contribution is -2.53. The number of piperidine rings is 1. The number of benzene rings is 1. The van der Waals surface area contributed by atoms with E-state index >= 15 is 0 Å². The van der Waals surface area contributed by atoms with Crippen LogP contribution in [-0.2, 0) is 9.59 Å². The van der Waals surface area contributed by atoms with Crippen molar-refractivity contribution in [2.45, 2.75) is 37.8 Å². The van der Waals surface area contributed by atoms with E-state index < -0.39 is 0 Å². The van der Waals surface area contributed by atoms with Crippen LogP contribution in [0.15, 0.2) is 36.9 Å². The maximum Gasteiger partial charge on any atom is 0.243 e. The van der Waals surface area contributed by atoms with Crippen LogP contribution in [0.2, 0.25) is 0 Å². The van der Waals surface area contributed by atoms with Crippen LogP contribution in [0.5, 0.6) is 5.75 Å². The van der Waals surface area contributed by atoms with E-state index in [0.717, 1.165) is 19.4 Å². The highest BCUT2D eigenvalue weighted by molar-refractivity contribution is 5.87. The van der Waals surface area contributed by atoms with Gasteiger partial charge in [0.25, 0.3) is 0 Å². The fourth-order valence-corrected chi connectivity index (χ4v) is 3.53. The molecule has 1 atom stereocenters. The van der Waals surface area contributed by atoms with Gasteiger partial charge >= 0.3 is 0 Å². The second kappa shape index (κ2) is 8.05. The number of likely N-dealkylation sites (tertiary alicyclic amines) is 1. The standard InChI is InChI=1S/C20H23N3O3/c1-2-19(24)22-16-10-15(11-16)20(25)23-9-5-7-17(13-23)26-18-8-4-3-6-14(18)12-21/h2-4,6,8,15-17H,1,5,7,9-11,13H2,(H,22,24). The number of ether oxygens (including phenoxy) is 1. The predicted molar refractivity (Wildman–Crippen MR) is 96.2 cm³/mol. The second-order valence-corrected chi connectivity index (χ2v) is 6.85. The van der Waals surface area contributed by atoms with Gasteiger partial charge in [-0.25, -0.2) is 0 Å². The van der Waals surface area contributed by atoms with E-state index in [4.69, 9.17) is 4.74 Å². The molecule has 0 bridgehead atoms. The smallest absolute Gasteiger partial charge is 0.243 e. The normalized spacial score (nSPS) is 24.7. The van der Waals surface area contributed by atoms with Crippen LogP contribution in [0.25, 0.3) is 0 Å². The van der Waals surface area contributed by atoms with E-state index in [1.165, 1.54) is 6.08 Å². The van der Waals surface area contributed by atoms with Gasteiger partial charge in [0.15, 0.2) is 0 Å². The van der Waals surface area contributed by atoms with E-state index in [1.54, 1.807) is 18.2 Å². The van der Waals surface area contributed by atoms with Crippen molar-refractivity contribution in [2.75, 3.05) is 13.1 Å². The molecule has 26 heavy (non-hydrogen) atoms. The minimum absolute atomic E-state index is 0.0322. The van der Waals surface area contributed by atoms with E-state index in [-0.39, 0.29) is 29.9 Å². The Morgan fingerprint density at radius 1 is 1.35 bits per heavy atom. The molecule has 1 heterocycles. The summed E-state index contributed by atoms with van der Waals surface area (Å²) in [5.41, 5.74) is 0.510. The van der Waals surface area contributed by atoms with Crippen molar-refractivity contribution < 1.29 is 14.3 Å². The fourth-order valence-electron chi connectivity index (χ4n) is 3.53. The number of carbonyl (C=O) groups excluding carboxylic acids is 2. The van der Waals surface area contributed by atoms with Crippen molar-refractivity contribution in [1.82, 2.24) is 10.2 Å². The predicted octanol–water partition coefficient (Wildman–Crippen LogP) is 2.01. The van der Waals surface area contributed by atoms with Crippen molar-refractivity contribution in [2.24, 2.45) is 5.92 Å². The molecular formula is C20H23N3O3. The topological polar surface area (TPSA) is 82.4 Å². The van der Waals surface area contributed by atoms with E-state index in [2.05, 4.69) is 18.0 Å². The minimum Gasteiger partial charge on any atom is -0.487 e. The molecule has 1 aromatic carbocycles. The summed E-state index contributed by atoms with van der Waals surface area (Å²) in [7, 11) is 0. The van der Waals surface area contributed by atoms with Gasteiger partial charge in [0, 0.05) is 18.5 Å². The Morgan fingerprint density at radius 3 is 2.85 bits per heavy atom. The summed E-state index contributed by atoms with van der Waals surface area (Å²) in [5.74, 6) is 0.486. The van der Waals surface area contributed by atoms with Gasteiger partial charge in [-0.1, -0.05) is 18.7 Å². The molecule has 1 aromatic rings. The molecule has 0 spiro atoms. The molecule has 1 aliphatic carbocycles. The lowest BCUT2D eigenvalue weighted by Gasteiger charge is -2.40. The van der Waals surface area contributed by atoms with Gasteiger partial charge in [-0.15, -0.1) is 0 Å². The summed E-state index contributed by atoms with van der Waals surface area (Å²) < 4.78 is 5.99. The summed E-state index contributed by atoms with van der Waals surface area (Å²) >= 11 is 0. The van der Waals surface area contributed by atoms with Crippen LogP contribution in [-0.4, -0.2) is 41.9 Å². The molecule has 1 saturated carbocycles. The zero-order chi connectivity index (χ0) is 18.5. The van der Waals surface area contributed by atoms with Crippen LogP contribution < -0.4 is 10.1 Å². The second-order valence-electron chi connectivity index (χ2n) is 6.85. The maximum absolute atomic E-state index is 12.7. The number of nitrogens with zero attached hydrogens (tertiary/aromatic N) is 2. The summed E-state index contributed by atoms with van der Waals surface area (Å²) in [6.07, 6.45) is 4.26. The quantitative estimate of drug-likeness (QED) is 0.821. The van der Waals surface area contributed by atoms with Gasteiger partial charge in [-0.3, -0.25) is 9.59 Å². The Bertz CT molecular complexity index is 734. The number of hydrogen-bond donors (Lipinski definition) is 1. The first-order chi connectivity index (χ1) is 12.6. The molecule has 0 aromatic heterocycles. The number of para-hydroxylation sites is 1. The van der Waals surface area contributed by atoms with Gasteiger partial charge in [-0.2, -0.15) is 5.26 Å². The highest BCUT2D eigenvalue weighted by atomic mass is 16.5. The average Bonchev–Trinajstić information content (AvgIpc) is 2.64. The van der Waals surface area contributed by atoms with Gasteiger partial charge in [0.05, 0.1) is 12.1 Å². The maximum atomic E-state index is 12.7. The summed E-state index contributed by atoms with van der Waals surface area (Å²) in [6.45, 7) is 4.71. The zero-order valence-corrected chi connectivity index (χ0v) is 14.7. The lowest BCUT2D eigenvalue weighted by molar-refractivity contribution is -0.142. The lowest BCUT2D eigenvalue weighted by atomic mass is 9.79. The Balaban J connectivity index is 1.52. The number of amides is 2. The van der Waals surface area contributed by atoms with Crippen molar-refractivity contribution in [3.63, 3.8) is 0 Å². The van der Waals surface area contributed by atoms with Gasteiger partial charge < -0.3 is 15.0 Å². The number of rotatable bonds is 5. The molecular weight excluding hydrogens is 330 g/mol. The molecule has 6 nitrogen and oxygen atoms in total. The molecule has 1 aliphatic heterocycles. The number of nitriles is 1. The molecule has 1 N–H and O–H groups in total. The molecule has 6 heteroatoms. The summed E-state index contributed by atoms with van der Waals surface area (Å²) in [4.78, 5) is 25.8. The number of hydrogen-bond acceptors (Lipinski definition) is 4. The first-order valence-electron chi connectivity index (χ1n) is 8.98. The Morgan fingerprint density at radius 2 is 2.12 bits per heavy atom. The Kier molecular flexibility index (Phi) is 5.57. The molecule has 2 amide bonds. The van der Waals surface area contributed by atoms with Gasteiger partial charge in [0.1, 0.15) is 17.9 Å². The van der Waals surface area contributed by atoms with E-state index in [1.807, 2.05) is 11.0 Å². The first kappa shape index (κ1) is 18.0. The SMILES string of the molecule is C=CC(=O)NC1CC(C(=O)N2CCCC(Oc3ccccc3C#N)C2)C1. The fraction of sp³-hybridized carbons (Fsp3) is 0.450. The van der Waals surface area contributed by atoms with Crippen molar-refractivity contribution in [1.29, 1.82) is 5.26 Å². The molecule has 2 aliphatic rings. The van der Waals surface area contributed by atoms with Crippen molar-refractivity contribution in [3.8, 4) is 11.8 Å². The van der Waals surface area contributed by atoms with Crippen molar-refractivity contribution >= 4 is 11.8 Å². The van der Waals surface area contributed by atoms with Gasteiger partial charge in [-0.05, 0) is 43.9 Å². The number of carbonyl (C=O) groups is 2. The van der Waals surface area contributed by atoms with Crippen LogP contribution in [0.1, 0.15) is 31.2 Å². The third-order valence-electron chi connectivity index (χ3n) is 5.01. The zero-order valence-electron chi connectivity index (χ0n) is 14.7. The summed E-state index contributed by atoms with van der Waals surface area (Å²) in [6, 6.07) is 9.36. The Labute approximate surface area is 153 Å². The molecule has 1 unspecified atom stereocenters. The highest BCUT2D eigenvalue weighted by Crippen LogP contribution is 2.31. The van der Waals surface area contributed by atoms with Crippen LogP contribution in [0, 0.1) is 17.2 Å². The highest BCUT2D eigenvalue weighted by Gasteiger charge is 2.38. The molecule has 0 radical (unpaired) electrons. The van der Waals surface area contributed by atoms with E-state index in [0.29, 0.717) is 30.7 Å².